The van der Waals surface area contributed by atoms with Gasteiger partial charge in [0.2, 0.25) is 5.91 Å². The summed E-state index contributed by atoms with van der Waals surface area (Å²) >= 11 is 0. The van der Waals surface area contributed by atoms with Crippen LogP contribution in [0.1, 0.15) is 18.4 Å². The van der Waals surface area contributed by atoms with Gasteiger partial charge in [-0.3, -0.25) is 4.79 Å². The minimum atomic E-state index is -2.91. The van der Waals surface area contributed by atoms with Gasteiger partial charge in [0.15, 0.2) is 9.84 Å². The van der Waals surface area contributed by atoms with Crippen LogP contribution >= 0.6 is 0 Å². The molecule has 0 aromatic heterocycles. The van der Waals surface area contributed by atoms with Gasteiger partial charge < -0.3 is 5.32 Å². The largest absolute Gasteiger partial charge is 0.352 e. The molecule has 1 aliphatic rings. The zero-order chi connectivity index (χ0) is 15.6. The number of benzene rings is 2. The first-order chi connectivity index (χ1) is 10.5. The van der Waals surface area contributed by atoms with Gasteiger partial charge in [0.05, 0.1) is 11.5 Å². The number of rotatable bonds is 4. The summed E-state index contributed by atoms with van der Waals surface area (Å²) < 4.78 is 22.8. The van der Waals surface area contributed by atoms with Crippen LogP contribution in [0.3, 0.4) is 0 Å². The molecule has 1 N–H and O–H groups in total. The van der Waals surface area contributed by atoms with Gasteiger partial charge in [-0.05, 0) is 34.7 Å². The van der Waals surface area contributed by atoms with Crippen molar-refractivity contribution in [2.24, 2.45) is 5.92 Å². The third kappa shape index (κ3) is 3.65. The van der Waals surface area contributed by atoms with Crippen LogP contribution in [-0.4, -0.2) is 25.8 Å². The van der Waals surface area contributed by atoms with E-state index in [4.69, 9.17) is 0 Å². The molecular formula is C17H19NO3S. The van der Waals surface area contributed by atoms with Crippen molar-refractivity contribution < 1.29 is 13.2 Å². The Bertz CT molecular complexity index is 798. The first-order valence-electron chi connectivity index (χ1n) is 7.47. The number of hydrogen-bond acceptors (Lipinski definition) is 3. The average Bonchev–Trinajstić information content (AvgIpc) is 2.84. The lowest BCUT2D eigenvalue weighted by molar-refractivity contribution is -0.122. The average molecular weight is 317 g/mol. The molecule has 1 atom stereocenters. The van der Waals surface area contributed by atoms with Crippen molar-refractivity contribution in [2.75, 3.05) is 11.5 Å². The standard InChI is InChI=1S/C17H19NO3S/c19-17(10-14-7-8-22(20,21)12-14)18-11-13-5-6-15-3-1-2-4-16(15)9-13/h1-6,9,14H,7-8,10-12H2,(H,18,19). The van der Waals surface area contributed by atoms with Gasteiger partial charge in [0.25, 0.3) is 0 Å². The van der Waals surface area contributed by atoms with E-state index in [0.717, 1.165) is 10.9 Å². The number of nitrogens with one attached hydrogen (secondary N) is 1. The smallest absolute Gasteiger partial charge is 0.220 e. The van der Waals surface area contributed by atoms with Crippen LogP contribution in [0.5, 0.6) is 0 Å². The lowest BCUT2D eigenvalue weighted by atomic mass is 10.0. The molecule has 0 spiro atoms. The van der Waals surface area contributed by atoms with Gasteiger partial charge in [-0.15, -0.1) is 0 Å². The molecule has 1 unspecified atom stereocenters. The van der Waals surface area contributed by atoms with Crippen molar-refractivity contribution in [1.29, 1.82) is 0 Å². The Hall–Kier alpha value is -1.88. The molecule has 5 heteroatoms. The van der Waals surface area contributed by atoms with E-state index in [1.807, 2.05) is 30.3 Å². The fourth-order valence-electron chi connectivity index (χ4n) is 2.92. The summed E-state index contributed by atoms with van der Waals surface area (Å²) in [6, 6.07) is 14.2. The fourth-order valence-corrected chi connectivity index (χ4v) is 4.78. The fraction of sp³-hybridized carbons (Fsp3) is 0.353. The maximum Gasteiger partial charge on any atom is 0.220 e. The molecule has 3 rings (SSSR count). The van der Waals surface area contributed by atoms with E-state index < -0.39 is 9.84 Å². The molecule has 0 aliphatic carbocycles. The second-order valence-corrected chi connectivity index (χ2v) is 8.16. The van der Waals surface area contributed by atoms with Crippen LogP contribution < -0.4 is 5.32 Å². The lowest BCUT2D eigenvalue weighted by Gasteiger charge is -2.09. The summed E-state index contributed by atoms with van der Waals surface area (Å²) in [5, 5.41) is 5.21. The Labute approximate surface area is 130 Å². The molecule has 1 amide bonds. The van der Waals surface area contributed by atoms with Crippen LogP contribution in [0.2, 0.25) is 0 Å². The van der Waals surface area contributed by atoms with Crippen molar-refractivity contribution in [2.45, 2.75) is 19.4 Å². The normalized spacial score (nSPS) is 20.1. The Balaban J connectivity index is 1.56. The van der Waals surface area contributed by atoms with Gasteiger partial charge >= 0.3 is 0 Å². The zero-order valence-electron chi connectivity index (χ0n) is 12.3. The van der Waals surface area contributed by atoms with Crippen LogP contribution in [0.15, 0.2) is 42.5 Å². The highest BCUT2D eigenvalue weighted by Crippen LogP contribution is 2.21. The molecule has 4 nitrogen and oxygen atoms in total. The van der Waals surface area contributed by atoms with Crippen molar-refractivity contribution in [3.8, 4) is 0 Å². The van der Waals surface area contributed by atoms with E-state index in [-0.39, 0.29) is 23.3 Å². The second kappa shape index (κ2) is 6.08. The van der Waals surface area contributed by atoms with Gasteiger partial charge in [-0.2, -0.15) is 0 Å². The number of carbonyl (C=O) groups excluding carboxylic acids is 1. The van der Waals surface area contributed by atoms with Crippen molar-refractivity contribution in [1.82, 2.24) is 5.32 Å². The van der Waals surface area contributed by atoms with Gasteiger partial charge in [-0.25, -0.2) is 8.42 Å². The lowest BCUT2D eigenvalue weighted by Crippen LogP contribution is -2.25. The molecule has 2 aromatic rings. The predicted octanol–water partition coefficient (Wildman–Crippen LogP) is 2.28. The van der Waals surface area contributed by atoms with Gasteiger partial charge in [0.1, 0.15) is 0 Å². The molecular weight excluding hydrogens is 298 g/mol. The zero-order valence-corrected chi connectivity index (χ0v) is 13.1. The number of hydrogen-bond donors (Lipinski definition) is 1. The molecule has 1 heterocycles. The SMILES string of the molecule is O=C(CC1CCS(=O)(=O)C1)NCc1ccc2ccccc2c1. The van der Waals surface area contributed by atoms with Crippen LogP contribution in [0.4, 0.5) is 0 Å². The predicted molar refractivity (Wildman–Crippen MR) is 87.2 cm³/mol. The van der Waals surface area contributed by atoms with Crippen molar-refractivity contribution >= 4 is 26.5 Å². The highest BCUT2D eigenvalue weighted by atomic mass is 32.2. The number of amides is 1. The maximum absolute atomic E-state index is 11.9. The number of fused-ring (bicyclic) bond motifs is 1. The van der Waals surface area contributed by atoms with Crippen LogP contribution in [-0.2, 0) is 21.2 Å². The first-order valence-corrected chi connectivity index (χ1v) is 9.29. The maximum atomic E-state index is 11.9. The highest BCUT2D eigenvalue weighted by Gasteiger charge is 2.29. The summed E-state index contributed by atoms with van der Waals surface area (Å²) in [5.74, 6) is 0.267. The third-order valence-corrected chi connectivity index (χ3v) is 5.94. The highest BCUT2D eigenvalue weighted by molar-refractivity contribution is 7.91. The van der Waals surface area contributed by atoms with E-state index in [1.54, 1.807) is 0 Å². The molecule has 2 aromatic carbocycles. The Morgan fingerprint density at radius 2 is 1.91 bits per heavy atom. The second-order valence-electron chi connectivity index (χ2n) is 5.93. The van der Waals surface area contributed by atoms with Gasteiger partial charge in [-0.1, -0.05) is 36.4 Å². The summed E-state index contributed by atoms with van der Waals surface area (Å²) in [6.07, 6.45) is 0.901. The monoisotopic (exact) mass is 317 g/mol. The summed E-state index contributed by atoms with van der Waals surface area (Å²) in [5.41, 5.74) is 1.05. The van der Waals surface area contributed by atoms with E-state index in [1.165, 1.54) is 5.39 Å². The van der Waals surface area contributed by atoms with E-state index in [0.29, 0.717) is 19.4 Å². The minimum Gasteiger partial charge on any atom is -0.352 e. The van der Waals surface area contributed by atoms with Crippen molar-refractivity contribution in [3.05, 3.63) is 48.0 Å². The van der Waals surface area contributed by atoms with E-state index in [9.17, 15) is 13.2 Å². The number of carbonyl (C=O) groups is 1. The quantitative estimate of drug-likeness (QED) is 0.941. The molecule has 1 saturated heterocycles. The van der Waals surface area contributed by atoms with E-state index in [2.05, 4.69) is 17.4 Å². The molecule has 1 aliphatic heterocycles. The summed E-state index contributed by atoms with van der Waals surface area (Å²) in [6.45, 7) is 0.475. The Morgan fingerprint density at radius 3 is 2.64 bits per heavy atom. The molecule has 0 bridgehead atoms. The molecule has 116 valence electrons. The minimum absolute atomic E-state index is 0.0263. The van der Waals surface area contributed by atoms with E-state index >= 15 is 0 Å². The summed E-state index contributed by atoms with van der Waals surface area (Å²) in [4.78, 5) is 11.9. The first kappa shape index (κ1) is 15.0. The Kier molecular flexibility index (Phi) is 4.16. The van der Waals surface area contributed by atoms with Gasteiger partial charge in [0, 0.05) is 13.0 Å². The van der Waals surface area contributed by atoms with Crippen LogP contribution in [0, 0.1) is 5.92 Å². The summed E-state index contributed by atoms with van der Waals surface area (Å²) in [7, 11) is -2.91. The van der Waals surface area contributed by atoms with Crippen LogP contribution in [0.25, 0.3) is 10.8 Å². The Morgan fingerprint density at radius 1 is 1.14 bits per heavy atom. The molecule has 1 fully saturated rings. The van der Waals surface area contributed by atoms with Crippen molar-refractivity contribution in [3.63, 3.8) is 0 Å². The molecule has 22 heavy (non-hydrogen) atoms. The third-order valence-electron chi connectivity index (χ3n) is 4.10. The molecule has 0 radical (unpaired) electrons. The number of sulfone groups is 1. The molecule has 0 saturated carbocycles. The topological polar surface area (TPSA) is 63.2 Å².